The minimum absolute atomic E-state index is 0.204. The van der Waals surface area contributed by atoms with Crippen LogP contribution in [0.2, 0.25) is 18.1 Å². The van der Waals surface area contributed by atoms with Crippen molar-refractivity contribution in [3.05, 3.63) is 12.2 Å². The SMILES string of the molecule is CCCCCCCCCCC[C@@H](C/C=C/C(=O)OC)O[Si](C)(C)C(C)(C)C. The zero-order valence-corrected chi connectivity index (χ0v) is 20.2. The van der Waals surface area contributed by atoms with Gasteiger partial charge < -0.3 is 9.16 Å². The molecule has 0 aromatic carbocycles. The number of rotatable bonds is 15. The molecule has 0 bridgehead atoms. The molecule has 0 N–H and O–H groups in total. The summed E-state index contributed by atoms with van der Waals surface area (Å²) in [7, 11) is -0.382. The number of carbonyl (C=O) groups excluding carboxylic acids is 1. The molecule has 0 saturated heterocycles. The average molecular weight is 399 g/mol. The summed E-state index contributed by atoms with van der Waals surface area (Å²) in [5.41, 5.74) is 0. The molecule has 0 aliphatic carbocycles. The van der Waals surface area contributed by atoms with Crippen LogP contribution in [-0.2, 0) is 14.0 Å². The van der Waals surface area contributed by atoms with Gasteiger partial charge in [-0.2, -0.15) is 0 Å². The summed E-state index contributed by atoms with van der Waals surface area (Å²) < 4.78 is 11.3. The second-order valence-corrected chi connectivity index (χ2v) is 14.0. The molecule has 160 valence electrons. The van der Waals surface area contributed by atoms with Gasteiger partial charge in [-0.15, -0.1) is 0 Å². The van der Waals surface area contributed by atoms with E-state index in [1.165, 1.54) is 71.0 Å². The lowest BCUT2D eigenvalue weighted by molar-refractivity contribution is -0.134. The predicted molar refractivity (Wildman–Crippen MR) is 120 cm³/mol. The van der Waals surface area contributed by atoms with Gasteiger partial charge in [0.05, 0.1) is 7.11 Å². The van der Waals surface area contributed by atoms with Gasteiger partial charge in [-0.3, -0.25) is 0 Å². The molecular weight excluding hydrogens is 352 g/mol. The van der Waals surface area contributed by atoms with Gasteiger partial charge in [-0.1, -0.05) is 91.6 Å². The first-order valence-corrected chi connectivity index (χ1v) is 14.0. The first-order valence-electron chi connectivity index (χ1n) is 11.1. The van der Waals surface area contributed by atoms with Crippen molar-refractivity contribution < 1.29 is 14.0 Å². The Hall–Kier alpha value is -0.613. The molecule has 0 aromatic heterocycles. The van der Waals surface area contributed by atoms with Gasteiger partial charge >= 0.3 is 5.97 Å². The van der Waals surface area contributed by atoms with E-state index in [2.05, 4.69) is 45.5 Å². The van der Waals surface area contributed by atoms with Gasteiger partial charge in [-0.05, 0) is 31.0 Å². The van der Waals surface area contributed by atoms with Gasteiger partial charge in [-0.25, -0.2) is 4.79 Å². The Labute approximate surface area is 170 Å². The summed E-state index contributed by atoms with van der Waals surface area (Å²) in [6.45, 7) is 13.7. The molecule has 0 rings (SSSR count). The summed E-state index contributed by atoms with van der Waals surface area (Å²) >= 11 is 0. The quantitative estimate of drug-likeness (QED) is 0.125. The summed E-state index contributed by atoms with van der Waals surface area (Å²) in [4.78, 5) is 11.3. The minimum atomic E-state index is -1.80. The van der Waals surface area contributed by atoms with Gasteiger partial charge in [0.15, 0.2) is 8.32 Å². The number of unbranched alkanes of at least 4 members (excludes halogenated alkanes) is 8. The number of ether oxygens (including phenoxy) is 1. The third-order valence-electron chi connectivity index (χ3n) is 5.75. The molecule has 0 saturated carbocycles. The molecule has 0 radical (unpaired) electrons. The number of carbonyl (C=O) groups is 1. The van der Waals surface area contributed by atoms with Gasteiger partial charge in [0.1, 0.15) is 0 Å². The lowest BCUT2D eigenvalue weighted by atomic mass is 10.0. The van der Waals surface area contributed by atoms with E-state index in [9.17, 15) is 4.79 Å². The average Bonchev–Trinajstić information content (AvgIpc) is 2.58. The normalized spacial score (nSPS) is 13.9. The summed E-state index contributed by atoms with van der Waals surface area (Å²) in [5.74, 6) is -0.288. The highest BCUT2D eigenvalue weighted by molar-refractivity contribution is 6.74. The van der Waals surface area contributed by atoms with E-state index in [0.717, 1.165) is 12.8 Å². The van der Waals surface area contributed by atoms with Gasteiger partial charge in [0.2, 0.25) is 0 Å². The number of esters is 1. The van der Waals surface area contributed by atoms with E-state index in [4.69, 9.17) is 4.43 Å². The molecule has 1 atom stereocenters. The molecule has 3 nitrogen and oxygen atoms in total. The number of hydrogen-bond donors (Lipinski definition) is 0. The van der Waals surface area contributed by atoms with E-state index >= 15 is 0 Å². The monoisotopic (exact) mass is 398 g/mol. The van der Waals surface area contributed by atoms with Crippen molar-refractivity contribution in [3.8, 4) is 0 Å². The molecular formula is C23H46O3Si. The topological polar surface area (TPSA) is 35.5 Å². The molecule has 0 unspecified atom stereocenters. The third kappa shape index (κ3) is 13.2. The van der Waals surface area contributed by atoms with E-state index in [1.54, 1.807) is 0 Å². The summed E-state index contributed by atoms with van der Waals surface area (Å²) in [5, 5.41) is 0.204. The van der Waals surface area contributed by atoms with Gasteiger partial charge in [0, 0.05) is 12.2 Å². The highest BCUT2D eigenvalue weighted by atomic mass is 28.4. The third-order valence-corrected chi connectivity index (χ3v) is 10.3. The number of methoxy groups -OCH3 is 1. The summed E-state index contributed by atoms with van der Waals surface area (Å²) in [6.07, 6.45) is 17.6. The predicted octanol–water partition coefficient (Wildman–Crippen LogP) is 7.42. The first-order chi connectivity index (χ1) is 12.6. The molecule has 4 heteroatoms. The molecule has 0 fully saturated rings. The minimum Gasteiger partial charge on any atom is -0.466 e. The molecule has 0 aromatic rings. The van der Waals surface area contributed by atoms with Crippen LogP contribution in [-0.4, -0.2) is 27.5 Å². The fourth-order valence-electron chi connectivity index (χ4n) is 2.89. The Balaban J connectivity index is 4.34. The smallest absolute Gasteiger partial charge is 0.330 e. The molecule has 0 aliphatic rings. The van der Waals surface area contributed by atoms with Crippen LogP contribution < -0.4 is 0 Å². The van der Waals surface area contributed by atoms with E-state index in [1.807, 2.05) is 6.08 Å². The second kappa shape index (κ2) is 14.4. The van der Waals surface area contributed by atoms with Crippen LogP contribution in [0.3, 0.4) is 0 Å². The van der Waals surface area contributed by atoms with Crippen LogP contribution >= 0.6 is 0 Å². The van der Waals surface area contributed by atoms with E-state index in [-0.39, 0.29) is 17.1 Å². The van der Waals surface area contributed by atoms with Crippen molar-refractivity contribution in [3.63, 3.8) is 0 Å². The fourth-order valence-corrected chi connectivity index (χ4v) is 4.29. The highest BCUT2D eigenvalue weighted by Crippen LogP contribution is 2.38. The van der Waals surface area contributed by atoms with Crippen LogP contribution in [0.1, 0.15) is 98.3 Å². The van der Waals surface area contributed by atoms with Crippen molar-refractivity contribution >= 4 is 14.3 Å². The number of hydrogen-bond acceptors (Lipinski definition) is 3. The Kier molecular flexibility index (Phi) is 14.1. The maximum Gasteiger partial charge on any atom is 0.330 e. The highest BCUT2D eigenvalue weighted by Gasteiger charge is 2.38. The van der Waals surface area contributed by atoms with Gasteiger partial charge in [0.25, 0.3) is 0 Å². The molecule has 0 amide bonds. The molecule has 27 heavy (non-hydrogen) atoms. The lowest BCUT2D eigenvalue weighted by Crippen LogP contribution is -2.43. The largest absolute Gasteiger partial charge is 0.466 e. The Morgan fingerprint density at radius 2 is 1.48 bits per heavy atom. The zero-order valence-electron chi connectivity index (χ0n) is 19.2. The maximum atomic E-state index is 11.3. The van der Waals surface area contributed by atoms with Crippen LogP contribution in [0.15, 0.2) is 12.2 Å². The first kappa shape index (κ1) is 26.4. The second-order valence-electron chi connectivity index (χ2n) is 9.28. The summed E-state index contributed by atoms with van der Waals surface area (Å²) in [6, 6.07) is 0. The van der Waals surface area contributed by atoms with Crippen molar-refractivity contribution in [2.75, 3.05) is 7.11 Å². The Morgan fingerprint density at radius 3 is 1.96 bits per heavy atom. The molecule has 0 heterocycles. The Bertz CT molecular complexity index is 410. The van der Waals surface area contributed by atoms with Crippen LogP contribution in [0.5, 0.6) is 0 Å². The van der Waals surface area contributed by atoms with Crippen molar-refractivity contribution in [1.29, 1.82) is 0 Å². The van der Waals surface area contributed by atoms with E-state index in [0.29, 0.717) is 0 Å². The zero-order chi connectivity index (χ0) is 20.8. The standard InChI is InChI=1S/C23H46O3Si/c1-8-9-10-11-12-13-14-15-16-18-21(19-17-20-22(24)25-5)26-27(6,7)23(2,3)4/h17,20-21H,8-16,18-19H2,1-7H3/b20-17+/t21-/m0/s1. The van der Waals surface area contributed by atoms with Crippen molar-refractivity contribution in [2.45, 2.75) is 123 Å². The Morgan fingerprint density at radius 1 is 0.963 bits per heavy atom. The van der Waals surface area contributed by atoms with Crippen molar-refractivity contribution in [2.24, 2.45) is 0 Å². The molecule has 0 spiro atoms. The van der Waals surface area contributed by atoms with Crippen LogP contribution in [0.25, 0.3) is 0 Å². The van der Waals surface area contributed by atoms with Crippen LogP contribution in [0, 0.1) is 0 Å². The molecule has 0 aliphatic heterocycles. The van der Waals surface area contributed by atoms with E-state index < -0.39 is 8.32 Å². The van der Waals surface area contributed by atoms with Crippen LogP contribution in [0.4, 0.5) is 0 Å². The van der Waals surface area contributed by atoms with Crippen molar-refractivity contribution in [1.82, 2.24) is 0 Å². The lowest BCUT2D eigenvalue weighted by Gasteiger charge is -2.39. The maximum absolute atomic E-state index is 11.3. The fraction of sp³-hybridized carbons (Fsp3) is 0.870.